The summed E-state index contributed by atoms with van der Waals surface area (Å²) >= 11 is 13.4. The lowest BCUT2D eigenvalue weighted by Crippen LogP contribution is -2.45. The van der Waals surface area contributed by atoms with Crippen molar-refractivity contribution in [1.82, 2.24) is 10.0 Å². The zero-order valence-electron chi connectivity index (χ0n) is 19.6. The van der Waals surface area contributed by atoms with E-state index in [2.05, 4.69) is 74.2 Å². The number of carbonyl (C=O) groups is 1. The maximum atomic E-state index is 12.6. The van der Waals surface area contributed by atoms with Gasteiger partial charge in [0.05, 0.1) is 37.7 Å². The van der Waals surface area contributed by atoms with Gasteiger partial charge in [0.1, 0.15) is 23.3 Å². The number of hydrogen-bond acceptors (Lipinski definition) is 9. The molecule has 1 aliphatic carbocycles. The number of rotatable bonds is 11. The van der Waals surface area contributed by atoms with Crippen molar-refractivity contribution < 1.29 is 42.3 Å². The van der Waals surface area contributed by atoms with E-state index in [9.17, 15) is 23.4 Å². The van der Waals surface area contributed by atoms with Crippen LogP contribution >= 0.6 is 63.7 Å². The van der Waals surface area contributed by atoms with Gasteiger partial charge in [0.25, 0.3) is 5.91 Å². The molecule has 0 radical (unpaired) electrons. The van der Waals surface area contributed by atoms with Crippen LogP contribution in [-0.4, -0.2) is 73.3 Å². The number of nitrogens with one attached hydrogen (secondary N) is 2. The molecule has 1 amide bonds. The highest BCUT2D eigenvalue weighted by Crippen LogP contribution is 2.44. The first-order valence-corrected chi connectivity index (χ1v) is 15.4. The number of aliphatic hydroxyl groups excluding tert-OH is 2. The molecule has 1 heterocycles. The second-order valence-corrected chi connectivity index (χ2v) is 12.8. The number of hydrogen-bond donors (Lipinski definition) is 5. The lowest BCUT2D eigenvalue weighted by atomic mass is 9.87. The smallest absolute Gasteiger partial charge is 0.333 e. The molecule has 17 heteroatoms. The maximum absolute atomic E-state index is 12.6. The first kappa shape index (κ1) is 31.5. The third kappa shape index (κ3) is 7.57. The van der Waals surface area contributed by atoms with Crippen LogP contribution in [0.15, 0.2) is 47.0 Å². The van der Waals surface area contributed by atoms with Gasteiger partial charge in [-0.15, -0.1) is 0 Å². The van der Waals surface area contributed by atoms with Gasteiger partial charge in [0, 0.05) is 19.5 Å². The van der Waals surface area contributed by atoms with Crippen LogP contribution < -0.4 is 14.8 Å². The second kappa shape index (κ2) is 13.1. The molecule has 1 unspecified atom stereocenters. The predicted octanol–water partition coefficient (Wildman–Crippen LogP) is 2.94. The van der Waals surface area contributed by atoms with Gasteiger partial charge in [-0.25, -0.2) is 0 Å². The van der Waals surface area contributed by atoms with Crippen LogP contribution in [0.4, 0.5) is 0 Å². The fourth-order valence-corrected chi connectivity index (χ4v) is 7.19. The molecule has 0 saturated heterocycles. The number of ether oxygens (including phenoxy) is 2. The first-order chi connectivity index (χ1) is 17.8. The zero-order chi connectivity index (χ0) is 28.3. The van der Waals surface area contributed by atoms with Crippen LogP contribution in [-0.2, 0) is 24.7 Å². The number of allylic oxidation sites excluding steroid dienone is 1. The van der Waals surface area contributed by atoms with Gasteiger partial charge in [-0.1, -0.05) is 5.16 Å². The Morgan fingerprint density at radius 3 is 2.55 bits per heavy atom. The highest BCUT2D eigenvalue weighted by atomic mass is 79.9. The standard InChI is InChI=1S/C21H23Br4N3O9S/c1-35-18-13(24)7-21(19(30)16(18)25)8-14(28-37-21)20(31)26-3-2-4-36-17-11(22)5-10(6-12(17)23)15(29)9-27-38(32,33)34/h5-7,15,19,27,29-30H,2-4,8-9H2,1H3,(H,26,31)(H,32,33,34)/t15?,19-,21+/m0/s1. The van der Waals surface area contributed by atoms with Crippen LogP contribution in [0.25, 0.3) is 0 Å². The molecule has 1 aromatic carbocycles. The Morgan fingerprint density at radius 1 is 1.29 bits per heavy atom. The molecule has 5 N–H and O–H groups in total. The average Bonchev–Trinajstić information content (AvgIpc) is 3.26. The third-order valence-corrected chi connectivity index (χ3v) is 8.55. The molecule has 1 spiro atoms. The van der Waals surface area contributed by atoms with E-state index in [1.165, 1.54) is 7.11 Å². The van der Waals surface area contributed by atoms with E-state index >= 15 is 0 Å². The maximum Gasteiger partial charge on any atom is 0.333 e. The number of amides is 1. The number of benzene rings is 1. The van der Waals surface area contributed by atoms with E-state index in [-0.39, 0.29) is 25.3 Å². The fourth-order valence-electron chi connectivity index (χ4n) is 3.58. The molecule has 38 heavy (non-hydrogen) atoms. The van der Waals surface area contributed by atoms with Gasteiger partial charge >= 0.3 is 10.3 Å². The minimum atomic E-state index is -4.43. The van der Waals surface area contributed by atoms with Crippen molar-refractivity contribution >= 4 is 85.6 Å². The fraction of sp³-hybridized carbons (Fsp3) is 0.429. The molecule has 1 aromatic rings. The molecule has 0 saturated carbocycles. The summed E-state index contributed by atoms with van der Waals surface area (Å²) in [6, 6.07) is 3.11. The highest BCUT2D eigenvalue weighted by Gasteiger charge is 2.50. The van der Waals surface area contributed by atoms with Crippen molar-refractivity contribution in [2.24, 2.45) is 5.16 Å². The van der Waals surface area contributed by atoms with Gasteiger partial charge < -0.3 is 29.8 Å². The van der Waals surface area contributed by atoms with E-state index in [0.29, 0.717) is 41.4 Å². The van der Waals surface area contributed by atoms with Gasteiger partial charge in [-0.2, -0.15) is 13.1 Å². The second-order valence-electron chi connectivity index (χ2n) is 8.15. The van der Waals surface area contributed by atoms with Crippen molar-refractivity contribution in [1.29, 1.82) is 0 Å². The minimum absolute atomic E-state index is 0.0511. The summed E-state index contributed by atoms with van der Waals surface area (Å²) in [6.07, 6.45) is -0.212. The number of nitrogens with zero attached hydrogens (tertiary/aromatic N) is 1. The summed E-state index contributed by atoms with van der Waals surface area (Å²) < 4.78 is 45.1. The van der Waals surface area contributed by atoms with Crippen molar-refractivity contribution in [3.05, 3.63) is 47.4 Å². The zero-order valence-corrected chi connectivity index (χ0v) is 26.7. The van der Waals surface area contributed by atoms with Crippen LogP contribution in [0.5, 0.6) is 5.75 Å². The molecule has 12 nitrogen and oxygen atoms in total. The van der Waals surface area contributed by atoms with Crippen LogP contribution in [0.1, 0.15) is 24.5 Å². The summed E-state index contributed by atoms with van der Waals surface area (Å²) in [4.78, 5) is 18.1. The Bertz CT molecular complexity index is 1270. The number of aliphatic hydroxyl groups is 2. The minimum Gasteiger partial charge on any atom is -0.495 e. The van der Waals surface area contributed by atoms with Crippen LogP contribution in [0, 0.1) is 0 Å². The summed E-state index contributed by atoms with van der Waals surface area (Å²) in [5.41, 5.74) is -0.732. The summed E-state index contributed by atoms with van der Waals surface area (Å²) in [6.45, 7) is 0.101. The molecular weight excluding hydrogens is 790 g/mol. The number of methoxy groups -OCH3 is 1. The van der Waals surface area contributed by atoms with E-state index in [1.807, 2.05) is 4.72 Å². The molecular formula is C21H23Br4N3O9S. The molecule has 3 atom stereocenters. The van der Waals surface area contributed by atoms with Crippen LogP contribution in [0.2, 0.25) is 0 Å². The SMILES string of the molecule is COC1=C(Br)[C@H](O)[C@@]2(C=C1Br)CC(C(=O)NCCCOc1c(Br)cc(C(O)CNS(=O)(=O)O)cc1Br)=NO2. The lowest BCUT2D eigenvalue weighted by Gasteiger charge is -2.33. The Kier molecular flexibility index (Phi) is 10.8. The number of halogens is 4. The largest absolute Gasteiger partial charge is 0.495 e. The van der Waals surface area contributed by atoms with Gasteiger partial charge in [-0.3, -0.25) is 9.35 Å². The molecule has 0 fully saturated rings. The molecule has 2 aliphatic rings. The van der Waals surface area contributed by atoms with Crippen molar-refractivity contribution in [3.63, 3.8) is 0 Å². The van der Waals surface area contributed by atoms with E-state index in [4.69, 9.17) is 18.9 Å². The topological polar surface area (TPSA) is 176 Å². The van der Waals surface area contributed by atoms with Crippen molar-refractivity contribution in [2.75, 3.05) is 26.8 Å². The Hall–Kier alpha value is -1.05. The van der Waals surface area contributed by atoms with Crippen LogP contribution in [0.3, 0.4) is 0 Å². The molecule has 0 bridgehead atoms. The van der Waals surface area contributed by atoms with Gasteiger partial charge in [-0.05, 0) is 93.9 Å². The predicted molar refractivity (Wildman–Crippen MR) is 151 cm³/mol. The Balaban J connectivity index is 1.47. The van der Waals surface area contributed by atoms with Crippen molar-refractivity contribution in [2.45, 2.75) is 30.7 Å². The monoisotopic (exact) mass is 809 g/mol. The van der Waals surface area contributed by atoms with Gasteiger partial charge in [0.2, 0.25) is 0 Å². The average molecular weight is 813 g/mol. The van der Waals surface area contributed by atoms with E-state index in [0.717, 1.165) is 0 Å². The summed E-state index contributed by atoms with van der Waals surface area (Å²) in [5, 5.41) is 27.5. The molecule has 1 aliphatic heterocycles. The number of oxime groups is 1. The normalized spacial score (nSPS) is 22.1. The summed E-state index contributed by atoms with van der Waals surface area (Å²) in [7, 11) is -2.96. The summed E-state index contributed by atoms with van der Waals surface area (Å²) in [5.74, 6) is 0.432. The van der Waals surface area contributed by atoms with E-state index in [1.54, 1.807) is 18.2 Å². The highest BCUT2D eigenvalue weighted by molar-refractivity contribution is 9.12. The molecule has 3 rings (SSSR count). The Labute approximate surface area is 252 Å². The third-order valence-electron chi connectivity index (χ3n) is 5.46. The number of carbonyl (C=O) groups excluding carboxylic acids is 1. The lowest BCUT2D eigenvalue weighted by molar-refractivity contribution is -0.114. The van der Waals surface area contributed by atoms with Crippen molar-refractivity contribution in [3.8, 4) is 5.75 Å². The molecule has 210 valence electrons. The quantitative estimate of drug-likeness (QED) is 0.166. The molecule has 0 aromatic heterocycles. The van der Waals surface area contributed by atoms with Gasteiger partial charge in [0.15, 0.2) is 5.60 Å². The van der Waals surface area contributed by atoms with E-state index < -0.39 is 40.6 Å². The Morgan fingerprint density at radius 2 is 1.95 bits per heavy atom. The first-order valence-electron chi connectivity index (χ1n) is 10.8.